The molecule has 1 aliphatic carbocycles. The van der Waals surface area contributed by atoms with Crippen LogP contribution in [0.25, 0.3) is 0 Å². The lowest BCUT2D eigenvalue weighted by atomic mass is 9.79. The van der Waals surface area contributed by atoms with Crippen molar-refractivity contribution in [1.82, 2.24) is 14.3 Å². The number of hydrogen-bond donors (Lipinski definition) is 1. The number of anilines is 1. The van der Waals surface area contributed by atoms with Crippen molar-refractivity contribution in [2.75, 3.05) is 18.4 Å². The maximum absolute atomic E-state index is 13.0. The highest BCUT2D eigenvalue weighted by atomic mass is 32.2. The van der Waals surface area contributed by atoms with E-state index in [9.17, 15) is 8.42 Å². The van der Waals surface area contributed by atoms with Crippen molar-refractivity contribution in [3.63, 3.8) is 0 Å². The standard InChI is InChI=1S/C23H30N4O2S/c1-17-11-21(25-13-18-7-8-20(24-12-18)22(2,3)4)26-14-19(17)30(28,29)27-15-23(16-27)9-5-6-10-23/h5-8,11-12,14H,9-10,13,15-16H2,1-4H3,(H,25,26). The molecule has 7 heteroatoms. The van der Waals surface area contributed by atoms with Gasteiger partial charge in [-0.05, 0) is 43.0 Å². The molecule has 1 saturated heterocycles. The predicted octanol–water partition coefficient (Wildman–Crippen LogP) is 4.04. The number of allylic oxidation sites excluding steroid dienone is 2. The van der Waals surface area contributed by atoms with Crippen molar-refractivity contribution in [3.8, 4) is 0 Å². The van der Waals surface area contributed by atoms with Gasteiger partial charge in [0.05, 0.1) is 0 Å². The van der Waals surface area contributed by atoms with Crippen LogP contribution in [0, 0.1) is 12.3 Å². The van der Waals surface area contributed by atoms with Crippen LogP contribution in [0.2, 0.25) is 0 Å². The molecule has 1 spiro atoms. The van der Waals surface area contributed by atoms with Gasteiger partial charge < -0.3 is 5.32 Å². The quantitative estimate of drug-likeness (QED) is 0.731. The number of nitrogens with zero attached hydrogens (tertiary/aromatic N) is 3. The van der Waals surface area contributed by atoms with E-state index in [1.54, 1.807) is 10.4 Å². The molecule has 1 N–H and O–H groups in total. The molecule has 160 valence electrons. The SMILES string of the molecule is Cc1cc(NCc2ccc(C(C)(C)C)nc2)ncc1S(=O)(=O)N1CC2(CC=CC2)C1. The van der Waals surface area contributed by atoms with Crippen molar-refractivity contribution < 1.29 is 8.42 Å². The van der Waals surface area contributed by atoms with Crippen LogP contribution in [0.1, 0.15) is 50.4 Å². The smallest absolute Gasteiger partial charge is 0.244 e. The van der Waals surface area contributed by atoms with E-state index in [-0.39, 0.29) is 10.8 Å². The molecule has 1 aliphatic heterocycles. The van der Waals surface area contributed by atoms with Crippen LogP contribution in [0.4, 0.5) is 5.82 Å². The Hall–Kier alpha value is -2.25. The van der Waals surface area contributed by atoms with Crippen molar-refractivity contribution in [1.29, 1.82) is 0 Å². The maximum atomic E-state index is 13.0. The lowest BCUT2D eigenvalue weighted by Crippen LogP contribution is -2.57. The summed E-state index contributed by atoms with van der Waals surface area (Å²) in [7, 11) is -3.49. The fourth-order valence-corrected chi connectivity index (χ4v) is 5.91. The third-order valence-corrected chi connectivity index (χ3v) is 7.96. The van der Waals surface area contributed by atoms with E-state index < -0.39 is 10.0 Å². The summed E-state index contributed by atoms with van der Waals surface area (Å²) in [6.45, 7) is 10.0. The topological polar surface area (TPSA) is 75.2 Å². The summed E-state index contributed by atoms with van der Waals surface area (Å²) in [4.78, 5) is 9.20. The van der Waals surface area contributed by atoms with Crippen molar-refractivity contribution in [2.24, 2.45) is 5.41 Å². The van der Waals surface area contributed by atoms with Gasteiger partial charge >= 0.3 is 0 Å². The molecule has 0 unspecified atom stereocenters. The van der Waals surface area contributed by atoms with Gasteiger partial charge in [0.2, 0.25) is 10.0 Å². The van der Waals surface area contributed by atoms with E-state index in [1.807, 2.05) is 19.2 Å². The highest BCUT2D eigenvalue weighted by Crippen LogP contribution is 2.44. The second-order valence-corrected chi connectivity index (χ2v) is 11.5. The second-order valence-electron chi connectivity index (χ2n) is 9.64. The molecule has 0 radical (unpaired) electrons. The van der Waals surface area contributed by atoms with Gasteiger partial charge in [0.15, 0.2) is 0 Å². The molecule has 2 aromatic heterocycles. The van der Waals surface area contributed by atoms with Crippen LogP contribution < -0.4 is 5.32 Å². The van der Waals surface area contributed by atoms with Gasteiger partial charge in [-0.3, -0.25) is 4.98 Å². The molecule has 3 heterocycles. The molecule has 2 aliphatic rings. The van der Waals surface area contributed by atoms with E-state index in [4.69, 9.17) is 0 Å². The van der Waals surface area contributed by atoms with Gasteiger partial charge in [0, 0.05) is 48.6 Å². The molecule has 0 bridgehead atoms. The van der Waals surface area contributed by atoms with Crippen LogP contribution in [0.15, 0.2) is 47.6 Å². The first-order chi connectivity index (χ1) is 14.1. The van der Waals surface area contributed by atoms with Crippen molar-refractivity contribution >= 4 is 15.8 Å². The number of rotatable bonds is 5. The number of aryl methyl sites for hydroxylation is 1. The normalized spacial score (nSPS) is 18.5. The van der Waals surface area contributed by atoms with E-state index in [0.717, 1.165) is 24.1 Å². The summed E-state index contributed by atoms with van der Waals surface area (Å²) in [6, 6.07) is 5.91. The summed E-state index contributed by atoms with van der Waals surface area (Å²) in [5.74, 6) is 0.659. The minimum atomic E-state index is -3.49. The number of sulfonamides is 1. The van der Waals surface area contributed by atoms with Crippen LogP contribution in [0.3, 0.4) is 0 Å². The Kier molecular flexibility index (Phi) is 5.22. The van der Waals surface area contributed by atoms with E-state index >= 15 is 0 Å². The zero-order chi connectivity index (χ0) is 21.6. The van der Waals surface area contributed by atoms with Crippen molar-refractivity contribution in [2.45, 2.75) is 57.4 Å². The first-order valence-electron chi connectivity index (χ1n) is 10.4. The van der Waals surface area contributed by atoms with E-state index in [2.05, 4.69) is 54.3 Å². The number of nitrogens with one attached hydrogen (secondary N) is 1. The van der Waals surface area contributed by atoms with Gasteiger partial charge in [0.1, 0.15) is 10.7 Å². The number of hydrogen-bond acceptors (Lipinski definition) is 5. The molecular weight excluding hydrogens is 396 g/mol. The van der Waals surface area contributed by atoms with E-state index in [1.165, 1.54) is 6.20 Å². The zero-order valence-corrected chi connectivity index (χ0v) is 19.0. The minimum absolute atomic E-state index is 0.0241. The Morgan fingerprint density at radius 3 is 2.37 bits per heavy atom. The number of pyridine rings is 2. The van der Waals surface area contributed by atoms with Crippen molar-refractivity contribution in [3.05, 3.63) is 59.6 Å². The largest absolute Gasteiger partial charge is 0.366 e. The summed E-state index contributed by atoms with van der Waals surface area (Å²) in [6.07, 6.45) is 9.62. The molecular formula is C23H30N4O2S. The number of aromatic nitrogens is 2. The van der Waals surface area contributed by atoms with Gasteiger partial charge in [-0.2, -0.15) is 4.31 Å². The molecule has 30 heavy (non-hydrogen) atoms. The third kappa shape index (κ3) is 4.01. The lowest BCUT2D eigenvalue weighted by molar-refractivity contribution is 0.0841. The van der Waals surface area contributed by atoms with Crippen LogP contribution in [0.5, 0.6) is 0 Å². The van der Waals surface area contributed by atoms with Gasteiger partial charge in [-0.25, -0.2) is 13.4 Å². The fraction of sp³-hybridized carbons (Fsp3) is 0.478. The highest BCUT2D eigenvalue weighted by molar-refractivity contribution is 7.89. The highest BCUT2D eigenvalue weighted by Gasteiger charge is 2.48. The van der Waals surface area contributed by atoms with Crippen LogP contribution in [-0.4, -0.2) is 35.8 Å². The third-order valence-electron chi connectivity index (χ3n) is 6.04. The molecule has 0 aromatic carbocycles. The Balaban J connectivity index is 1.41. The minimum Gasteiger partial charge on any atom is -0.366 e. The van der Waals surface area contributed by atoms with Gasteiger partial charge in [0.25, 0.3) is 0 Å². The summed E-state index contributed by atoms with van der Waals surface area (Å²) in [5, 5.41) is 3.27. The summed E-state index contributed by atoms with van der Waals surface area (Å²) in [5.41, 5.74) is 2.97. The fourth-order valence-electron chi connectivity index (χ4n) is 4.09. The molecule has 0 saturated carbocycles. The Labute approximate surface area is 179 Å². The summed E-state index contributed by atoms with van der Waals surface area (Å²) >= 11 is 0. The van der Waals surface area contributed by atoms with E-state index in [0.29, 0.717) is 35.9 Å². The molecule has 2 aromatic rings. The van der Waals surface area contributed by atoms with Crippen LogP contribution >= 0.6 is 0 Å². The molecule has 4 rings (SSSR count). The Morgan fingerprint density at radius 1 is 1.10 bits per heavy atom. The predicted molar refractivity (Wildman–Crippen MR) is 119 cm³/mol. The second kappa shape index (κ2) is 7.46. The Morgan fingerprint density at radius 2 is 1.80 bits per heavy atom. The van der Waals surface area contributed by atoms with Gasteiger partial charge in [-0.15, -0.1) is 0 Å². The zero-order valence-electron chi connectivity index (χ0n) is 18.1. The Bertz CT molecular complexity index is 1050. The molecule has 0 atom stereocenters. The average molecular weight is 427 g/mol. The molecule has 0 amide bonds. The monoisotopic (exact) mass is 426 g/mol. The lowest BCUT2D eigenvalue weighted by Gasteiger charge is -2.47. The van der Waals surface area contributed by atoms with Gasteiger partial charge in [-0.1, -0.05) is 39.0 Å². The average Bonchev–Trinajstić information content (AvgIpc) is 3.15. The first kappa shape index (κ1) is 21.0. The summed E-state index contributed by atoms with van der Waals surface area (Å²) < 4.78 is 27.6. The first-order valence-corrected chi connectivity index (χ1v) is 11.8. The van der Waals surface area contributed by atoms with Crippen LogP contribution in [-0.2, 0) is 22.0 Å². The molecule has 1 fully saturated rings. The molecule has 6 nitrogen and oxygen atoms in total. The maximum Gasteiger partial charge on any atom is 0.244 e.